The van der Waals surface area contributed by atoms with Gasteiger partial charge in [0.05, 0.1) is 12.1 Å². The number of hydrogen-bond acceptors (Lipinski definition) is 2. The lowest BCUT2D eigenvalue weighted by atomic mass is 10.2. The Morgan fingerprint density at radius 2 is 2.10 bits per heavy atom. The van der Waals surface area contributed by atoms with Crippen LogP contribution in [0.1, 0.15) is 27.2 Å². The molecule has 0 saturated carbocycles. The number of hydrogen-bond donors (Lipinski definition) is 1. The number of nitrogens with one attached hydrogen (secondary N) is 1. The van der Waals surface area contributed by atoms with Crippen molar-refractivity contribution in [3.8, 4) is 6.07 Å². The summed E-state index contributed by atoms with van der Waals surface area (Å²) in [6.07, 6.45) is 0.892. The van der Waals surface area contributed by atoms with Crippen molar-refractivity contribution >= 4 is 0 Å². The molecule has 58 valence electrons. The van der Waals surface area contributed by atoms with Gasteiger partial charge in [0.1, 0.15) is 0 Å². The average molecular weight is 140 g/mol. The standard InChI is InChI=1S/C8H16N2/c1-4-8(5-9)10-6-7(2)3/h7-8,10H,4,6H2,1-3H3. The molecule has 2 nitrogen and oxygen atoms in total. The quantitative estimate of drug-likeness (QED) is 0.643. The third-order valence-corrected chi connectivity index (χ3v) is 1.34. The predicted molar refractivity (Wildman–Crippen MR) is 42.5 cm³/mol. The van der Waals surface area contributed by atoms with Crippen LogP contribution in [0.15, 0.2) is 0 Å². The van der Waals surface area contributed by atoms with Crippen LogP contribution in [0.3, 0.4) is 0 Å². The van der Waals surface area contributed by atoms with Crippen molar-refractivity contribution in [3.63, 3.8) is 0 Å². The first kappa shape index (κ1) is 9.45. The van der Waals surface area contributed by atoms with Crippen molar-refractivity contribution in [2.75, 3.05) is 6.54 Å². The highest BCUT2D eigenvalue weighted by Crippen LogP contribution is 1.92. The summed E-state index contributed by atoms with van der Waals surface area (Å²) < 4.78 is 0. The van der Waals surface area contributed by atoms with E-state index in [2.05, 4.69) is 25.2 Å². The van der Waals surface area contributed by atoms with Gasteiger partial charge in [0.25, 0.3) is 0 Å². The van der Waals surface area contributed by atoms with Gasteiger partial charge in [-0.3, -0.25) is 0 Å². The molecule has 0 aromatic carbocycles. The summed E-state index contributed by atoms with van der Waals surface area (Å²) >= 11 is 0. The zero-order chi connectivity index (χ0) is 7.98. The van der Waals surface area contributed by atoms with Crippen molar-refractivity contribution in [2.24, 2.45) is 5.92 Å². The van der Waals surface area contributed by atoms with Gasteiger partial charge in [0.15, 0.2) is 0 Å². The topological polar surface area (TPSA) is 35.8 Å². The minimum atomic E-state index is 0.0439. The van der Waals surface area contributed by atoms with Gasteiger partial charge in [-0.2, -0.15) is 5.26 Å². The lowest BCUT2D eigenvalue weighted by Crippen LogP contribution is -2.30. The van der Waals surface area contributed by atoms with E-state index >= 15 is 0 Å². The lowest BCUT2D eigenvalue weighted by molar-refractivity contribution is 0.507. The summed E-state index contributed by atoms with van der Waals surface area (Å²) in [7, 11) is 0. The molecule has 1 N–H and O–H groups in total. The van der Waals surface area contributed by atoms with Crippen molar-refractivity contribution < 1.29 is 0 Å². The summed E-state index contributed by atoms with van der Waals surface area (Å²) in [5, 5.41) is 11.7. The summed E-state index contributed by atoms with van der Waals surface area (Å²) in [5.41, 5.74) is 0. The molecular formula is C8H16N2. The first-order chi connectivity index (χ1) is 4.70. The van der Waals surface area contributed by atoms with E-state index in [9.17, 15) is 0 Å². The molecule has 0 fully saturated rings. The van der Waals surface area contributed by atoms with E-state index in [0.717, 1.165) is 13.0 Å². The van der Waals surface area contributed by atoms with Gasteiger partial charge in [0.2, 0.25) is 0 Å². The molecule has 0 heterocycles. The monoisotopic (exact) mass is 140 g/mol. The third kappa shape index (κ3) is 4.34. The van der Waals surface area contributed by atoms with E-state index in [-0.39, 0.29) is 6.04 Å². The zero-order valence-corrected chi connectivity index (χ0v) is 7.02. The van der Waals surface area contributed by atoms with Crippen LogP contribution in [0.5, 0.6) is 0 Å². The minimum absolute atomic E-state index is 0.0439. The van der Waals surface area contributed by atoms with Gasteiger partial charge in [-0.05, 0) is 18.9 Å². The highest BCUT2D eigenvalue weighted by atomic mass is 14.9. The second-order valence-electron chi connectivity index (χ2n) is 2.89. The van der Waals surface area contributed by atoms with Crippen molar-refractivity contribution in [3.05, 3.63) is 0 Å². The van der Waals surface area contributed by atoms with E-state index in [4.69, 9.17) is 5.26 Å². The first-order valence-corrected chi connectivity index (χ1v) is 3.83. The normalized spacial score (nSPS) is 13.1. The van der Waals surface area contributed by atoms with Crippen molar-refractivity contribution in [2.45, 2.75) is 33.2 Å². The Hall–Kier alpha value is -0.550. The Labute approximate surface area is 63.2 Å². The molecule has 0 saturated heterocycles. The molecular weight excluding hydrogens is 124 g/mol. The van der Waals surface area contributed by atoms with Gasteiger partial charge in [-0.1, -0.05) is 20.8 Å². The molecule has 10 heavy (non-hydrogen) atoms. The van der Waals surface area contributed by atoms with Gasteiger partial charge < -0.3 is 5.32 Å². The highest BCUT2D eigenvalue weighted by Gasteiger charge is 2.02. The van der Waals surface area contributed by atoms with Crippen LogP contribution in [0.4, 0.5) is 0 Å². The summed E-state index contributed by atoms with van der Waals surface area (Å²) in [4.78, 5) is 0. The molecule has 0 aliphatic carbocycles. The maximum absolute atomic E-state index is 8.53. The summed E-state index contributed by atoms with van der Waals surface area (Å²) in [6, 6.07) is 2.24. The zero-order valence-electron chi connectivity index (χ0n) is 7.02. The summed E-state index contributed by atoms with van der Waals surface area (Å²) in [6.45, 7) is 7.22. The molecule has 0 radical (unpaired) electrons. The molecule has 0 aliphatic rings. The van der Waals surface area contributed by atoms with Gasteiger partial charge in [-0.15, -0.1) is 0 Å². The van der Waals surface area contributed by atoms with Gasteiger partial charge in [-0.25, -0.2) is 0 Å². The maximum Gasteiger partial charge on any atom is 0.0950 e. The maximum atomic E-state index is 8.53. The smallest absolute Gasteiger partial charge is 0.0950 e. The molecule has 1 atom stereocenters. The Kier molecular flexibility index (Phi) is 4.96. The summed E-state index contributed by atoms with van der Waals surface area (Å²) in [5.74, 6) is 0.627. The fraction of sp³-hybridized carbons (Fsp3) is 0.875. The second kappa shape index (κ2) is 5.25. The fourth-order valence-electron chi connectivity index (χ4n) is 0.659. The molecule has 1 unspecified atom stereocenters. The molecule has 0 rings (SSSR count). The van der Waals surface area contributed by atoms with E-state index < -0.39 is 0 Å². The first-order valence-electron chi connectivity index (χ1n) is 3.83. The Morgan fingerprint density at radius 3 is 2.40 bits per heavy atom. The van der Waals surface area contributed by atoms with Crippen LogP contribution in [-0.2, 0) is 0 Å². The van der Waals surface area contributed by atoms with Crippen LogP contribution in [0, 0.1) is 17.2 Å². The lowest BCUT2D eigenvalue weighted by Gasteiger charge is -2.10. The molecule has 0 aliphatic heterocycles. The Morgan fingerprint density at radius 1 is 1.50 bits per heavy atom. The number of nitrogens with zero attached hydrogens (tertiary/aromatic N) is 1. The third-order valence-electron chi connectivity index (χ3n) is 1.34. The van der Waals surface area contributed by atoms with E-state index in [1.165, 1.54) is 0 Å². The molecule has 0 aromatic heterocycles. The SMILES string of the molecule is CCC(C#N)NCC(C)C. The van der Waals surface area contributed by atoms with Crippen LogP contribution in [-0.4, -0.2) is 12.6 Å². The molecule has 0 amide bonds. The van der Waals surface area contributed by atoms with Crippen LogP contribution < -0.4 is 5.32 Å². The fourth-order valence-corrected chi connectivity index (χ4v) is 0.659. The number of rotatable bonds is 4. The van der Waals surface area contributed by atoms with Gasteiger partial charge >= 0.3 is 0 Å². The van der Waals surface area contributed by atoms with E-state index in [1.54, 1.807) is 0 Å². The molecule has 2 heteroatoms. The molecule has 0 bridgehead atoms. The average Bonchev–Trinajstić information content (AvgIpc) is 1.90. The van der Waals surface area contributed by atoms with Crippen LogP contribution in [0.2, 0.25) is 0 Å². The van der Waals surface area contributed by atoms with Crippen LogP contribution in [0.25, 0.3) is 0 Å². The Bertz CT molecular complexity index is 113. The highest BCUT2D eigenvalue weighted by molar-refractivity contribution is 4.88. The van der Waals surface area contributed by atoms with Gasteiger partial charge in [0, 0.05) is 0 Å². The molecule has 0 aromatic rings. The Balaban J connectivity index is 3.38. The minimum Gasteiger partial charge on any atom is -0.302 e. The predicted octanol–water partition coefficient (Wildman–Crippen LogP) is 1.53. The molecule has 0 spiro atoms. The van der Waals surface area contributed by atoms with Crippen molar-refractivity contribution in [1.82, 2.24) is 5.32 Å². The van der Waals surface area contributed by atoms with Crippen molar-refractivity contribution in [1.29, 1.82) is 5.26 Å². The number of nitriles is 1. The van der Waals surface area contributed by atoms with E-state index in [0.29, 0.717) is 5.92 Å². The van der Waals surface area contributed by atoms with Crippen LogP contribution >= 0.6 is 0 Å². The van der Waals surface area contributed by atoms with E-state index in [1.807, 2.05) is 6.92 Å². The second-order valence-corrected chi connectivity index (χ2v) is 2.89. The largest absolute Gasteiger partial charge is 0.302 e.